The molecule has 5 rings (SSSR count). The zero-order valence-electron chi connectivity index (χ0n) is 19.0. The zero-order valence-corrected chi connectivity index (χ0v) is 19.0. The van der Waals surface area contributed by atoms with Crippen LogP contribution >= 0.6 is 0 Å². The summed E-state index contributed by atoms with van der Waals surface area (Å²) in [6.07, 6.45) is 1.12. The predicted molar refractivity (Wildman–Crippen MR) is 128 cm³/mol. The van der Waals surface area contributed by atoms with Crippen molar-refractivity contribution in [1.82, 2.24) is 29.8 Å². The number of nitrogens with two attached hydrogens (primary N) is 1. The van der Waals surface area contributed by atoms with Crippen LogP contribution in [-0.2, 0) is 19.3 Å². The topological polar surface area (TPSA) is 114 Å². The van der Waals surface area contributed by atoms with Crippen LogP contribution in [0.5, 0.6) is 0 Å². The number of fused-ring (bicyclic) bond motifs is 2. The summed E-state index contributed by atoms with van der Waals surface area (Å²) >= 11 is 0. The number of hydrogen-bond acceptors (Lipinski definition) is 6. The molecule has 36 heavy (non-hydrogen) atoms. The molecule has 5 heterocycles. The Hall–Kier alpha value is -4.54. The lowest BCUT2D eigenvalue weighted by Crippen LogP contribution is -2.31. The van der Waals surface area contributed by atoms with Gasteiger partial charge in [-0.3, -0.25) is 9.78 Å². The van der Waals surface area contributed by atoms with Crippen molar-refractivity contribution in [3.8, 4) is 0 Å². The summed E-state index contributed by atoms with van der Waals surface area (Å²) in [6.45, 7) is 1.96. The minimum absolute atomic E-state index is 0.0239. The summed E-state index contributed by atoms with van der Waals surface area (Å²) in [6, 6.07) is 9.32. The van der Waals surface area contributed by atoms with Crippen LogP contribution < -0.4 is 5.73 Å². The number of alkyl halides is 3. The molecule has 0 atom stereocenters. The Morgan fingerprint density at radius 1 is 1.06 bits per heavy atom. The Labute approximate surface area is 203 Å². The van der Waals surface area contributed by atoms with Crippen molar-refractivity contribution in [3.05, 3.63) is 89.3 Å². The van der Waals surface area contributed by atoms with E-state index in [9.17, 15) is 18.0 Å². The third-order valence-electron chi connectivity index (χ3n) is 5.85. The Kier molecular flexibility index (Phi) is 5.75. The number of hydrogen-bond donors (Lipinski definition) is 2. The summed E-state index contributed by atoms with van der Waals surface area (Å²) in [5, 5.41) is 1.53. The first-order valence-electron chi connectivity index (χ1n) is 10.9. The van der Waals surface area contributed by atoms with Crippen LogP contribution in [0.15, 0.2) is 61.2 Å². The van der Waals surface area contributed by atoms with Crippen LogP contribution in [0.1, 0.15) is 32.9 Å². The van der Waals surface area contributed by atoms with E-state index in [1.165, 1.54) is 17.2 Å². The van der Waals surface area contributed by atoms with Crippen LogP contribution in [0, 0.1) is 6.92 Å². The van der Waals surface area contributed by atoms with Crippen molar-refractivity contribution in [2.75, 3.05) is 5.73 Å². The molecule has 0 bridgehead atoms. The molecule has 0 fully saturated rings. The highest BCUT2D eigenvalue weighted by Gasteiger charge is 2.31. The van der Waals surface area contributed by atoms with E-state index in [2.05, 4.69) is 24.9 Å². The Morgan fingerprint density at radius 2 is 1.89 bits per heavy atom. The molecular formula is C25H20F3N7O. The molecule has 0 unspecified atom stereocenters. The number of nitrogens with one attached hydrogen (secondary N) is 1. The van der Waals surface area contributed by atoms with Crippen molar-refractivity contribution < 1.29 is 18.0 Å². The number of halogens is 3. The second-order valence-corrected chi connectivity index (χ2v) is 8.36. The number of rotatable bonds is 5. The smallest absolute Gasteiger partial charge is 0.383 e. The van der Waals surface area contributed by atoms with Crippen LogP contribution in [-0.4, -0.2) is 35.7 Å². The van der Waals surface area contributed by atoms with Gasteiger partial charge in [0.05, 0.1) is 29.5 Å². The van der Waals surface area contributed by atoms with Crippen LogP contribution in [0.25, 0.3) is 21.9 Å². The molecule has 8 nitrogen and oxygen atoms in total. The lowest BCUT2D eigenvalue weighted by molar-refractivity contribution is -0.137. The highest BCUT2D eigenvalue weighted by atomic mass is 19.4. The highest BCUT2D eigenvalue weighted by molar-refractivity contribution is 5.96. The molecule has 3 N–H and O–H groups in total. The van der Waals surface area contributed by atoms with Crippen molar-refractivity contribution in [3.63, 3.8) is 0 Å². The van der Waals surface area contributed by atoms with Crippen LogP contribution in [0.3, 0.4) is 0 Å². The molecule has 0 aliphatic heterocycles. The molecule has 0 aliphatic carbocycles. The molecule has 0 saturated heterocycles. The molecule has 182 valence electrons. The van der Waals surface area contributed by atoms with Gasteiger partial charge in [0.25, 0.3) is 5.91 Å². The van der Waals surface area contributed by atoms with E-state index in [-0.39, 0.29) is 18.8 Å². The SMILES string of the molecule is Cc1cc2cc(C(=O)N(Cc3ccc(C(F)(F)F)cn3)Cc3ccnc4[nH]ccc34)ncc2nc1N. The average Bonchev–Trinajstić information content (AvgIpc) is 3.33. The number of aromatic nitrogens is 5. The number of aryl methyl sites for hydroxylation is 1. The van der Waals surface area contributed by atoms with Crippen LogP contribution in [0.2, 0.25) is 0 Å². The molecule has 0 aliphatic rings. The monoisotopic (exact) mass is 491 g/mol. The minimum atomic E-state index is -4.50. The minimum Gasteiger partial charge on any atom is -0.383 e. The number of aromatic amines is 1. The van der Waals surface area contributed by atoms with Gasteiger partial charge in [-0.1, -0.05) is 0 Å². The Bertz CT molecular complexity index is 1580. The maximum absolute atomic E-state index is 13.6. The van der Waals surface area contributed by atoms with Gasteiger partial charge in [0.2, 0.25) is 0 Å². The van der Waals surface area contributed by atoms with E-state index in [1.807, 2.05) is 19.1 Å². The zero-order chi connectivity index (χ0) is 25.4. The predicted octanol–water partition coefficient (Wildman–Crippen LogP) is 4.65. The fraction of sp³-hybridized carbons (Fsp3) is 0.160. The van der Waals surface area contributed by atoms with E-state index < -0.39 is 17.6 Å². The van der Waals surface area contributed by atoms with Gasteiger partial charge in [0.1, 0.15) is 17.2 Å². The van der Waals surface area contributed by atoms with Crippen molar-refractivity contribution in [1.29, 1.82) is 0 Å². The van der Waals surface area contributed by atoms with Crippen molar-refractivity contribution in [2.24, 2.45) is 0 Å². The van der Waals surface area contributed by atoms with Gasteiger partial charge in [-0.05, 0) is 54.4 Å². The lowest BCUT2D eigenvalue weighted by Gasteiger charge is -2.23. The number of H-pyrrole nitrogens is 1. The first-order chi connectivity index (χ1) is 17.2. The van der Waals surface area contributed by atoms with Crippen molar-refractivity contribution in [2.45, 2.75) is 26.2 Å². The third-order valence-corrected chi connectivity index (χ3v) is 5.85. The van der Waals surface area contributed by atoms with Gasteiger partial charge in [0.15, 0.2) is 0 Å². The summed E-state index contributed by atoms with van der Waals surface area (Å²) in [4.78, 5) is 35.0. The average molecular weight is 491 g/mol. The number of pyridine rings is 4. The number of nitrogen functional groups attached to an aromatic ring is 1. The second kappa shape index (κ2) is 8.91. The van der Waals surface area contributed by atoms with Gasteiger partial charge in [0, 0.05) is 35.9 Å². The molecule has 11 heteroatoms. The molecule has 0 spiro atoms. The summed E-state index contributed by atoms with van der Waals surface area (Å²) < 4.78 is 38.9. The number of anilines is 1. The van der Waals surface area contributed by atoms with E-state index >= 15 is 0 Å². The summed E-state index contributed by atoms with van der Waals surface area (Å²) in [7, 11) is 0. The third kappa shape index (κ3) is 4.54. The fourth-order valence-corrected chi connectivity index (χ4v) is 3.92. The number of carbonyl (C=O) groups is 1. The number of nitrogens with zero attached hydrogens (tertiary/aromatic N) is 5. The summed E-state index contributed by atoms with van der Waals surface area (Å²) in [5.41, 5.74) is 8.29. The van der Waals surface area contributed by atoms with E-state index in [1.54, 1.807) is 24.5 Å². The molecule has 0 radical (unpaired) electrons. The molecule has 5 aromatic heterocycles. The number of amides is 1. The highest BCUT2D eigenvalue weighted by Crippen LogP contribution is 2.29. The van der Waals surface area contributed by atoms with Gasteiger partial charge < -0.3 is 15.6 Å². The first-order valence-corrected chi connectivity index (χ1v) is 10.9. The van der Waals surface area contributed by atoms with Gasteiger partial charge >= 0.3 is 6.18 Å². The molecule has 5 aromatic rings. The van der Waals surface area contributed by atoms with Gasteiger partial charge in [-0.2, -0.15) is 13.2 Å². The normalized spacial score (nSPS) is 11.8. The number of carbonyl (C=O) groups excluding carboxylic acids is 1. The maximum Gasteiger partial charge on any atom is 0.417 e. The molecule has 1 amide bonds. The van der Waals surface area contributed by atoms with Gasteiger partial charge in [-0.15, -0.1) is 0 Å². The van der Waals surface area contributed by atoms with Crippen LogP contribution in [0.4, 0.5) is 19.0 Å². The molecular weight excluding hydrogens is 471 g/mol. The first kappa shape index (κ1) is 23.2. The second-order valence-electron chi connectivity index (χ2n) is 8.36. The Balaban J connectivity index is 1.51. The lowest BCUT2D eigenvalue weighted by atomic mass is 10.1. The fourth-order valence-electron chi connectivity index (χ4n) is 3.92. The molecule has 0 aromatic carbocycles. The van der Waals surface area contributed by atoms with E-state index in [0.29, 0.717) is 28.1 Å². The van der Waals surface area contributed by atoms with Crippen molar-refractivity contribution >= 4 is 33.7 Å². The quantitative estimate of drug-likeness (QED) is 0.370. The van der Waals surface area contributed by atoms with Gasteiger partial charge in [-0.25, -0.2) is 15.0 Å². The summed E-state index contributed by atoms with van der Waals surface area (Å²) in [5.74, 6) is -0.0276. The van der Waals surface area contributed by atoms with E-state index in [0.717, 1.165) is 28.8 Å². The largest absolute Gasteiger partial charge is 0.417 e. The maximum atomic E-state index is 13.6. The standard InChI is InChI=1S/C25H20F3N7O/c1-14-8-16-9-20(33-11-21(16)34-22(14)29)24(36)35(12-15-4-6-30-23-19(15)5-7-31-23)13-18-3-2-17(10-32-18)25(26,27)28/h2-11H,12-13H2,1H3,(H2,29,34)(H,30,31). The molecule has 0 saturated carbocycles. The van der Waals surface area contributed by atoms with E-state index in [4.69, 9.17) is 5.73 Å². The Morgan fingerprint density at radius 3 is 2.64 bits per heavy atom.